The molecule has 0 aliphatic heterocycles. The third-order valence-corrected chi connectivity index (χ3v) is 3.23. The molecule has 4 unspecified atom stereocenters. The zero-order valence-corrected chi connectivity index (χ0v) is 8.87. The van der Waals surface area contributed by atoms with Gasteiger partial charge < -0.3 is 10.8 Å². The highest BCUT2D eigenvalue weighted by Gasteiger charge is 2.22. The number of aliphatic hydroxyl groups is 1. The van der Waals surface area contributed by atoms with Crippen molar-refractivity contribution in [1.29, 1.82) is 0 Å². The normalized spacial score (nSPS) is 34.2. The molecule has 0 bridgehead atoms. The monoisotopic (exact) mass is 185 g/mol. The van der Waals surface area contributed by atoms with Crippen LogP contribution in [0, 0.1) is 11.8 Å². The van der Waals surface area contributed by atoms with E-state index in [-0.39, 0.29) is 12.1 Å². The van der Waals surface area contributed by atoms with E-state index in [9.17, 15) is 5.11 Å². The maximum absolute atomic E-state index is 9.64. The maximum atomic E-state index is 9.64. The Morgan fingerprint density at radius 1 is 1.46 bits per heavy atom. The van der Waals surface area contributed by atoms with Crippen LogP contribution in [0.15, 0.2) is 0 Å². The van der Waals surface area contributed by atoms with Crippen LogP contribution in [0.4, 0.5) is 0 Å². The van der Waals surface area contributed by atoms with E-state index >= 15 is 0 Å². The van der Waals surface area contributed by atoms with Gasteiger partial charge in [-0.1, -0.05) is 26.2 Å². The molecule has 13 heavy (non-hydrogen) atoms. The summed E-state index contributed by atoms with van der Waals surface area (Å²) in [5, 5.41) is 9.64. The molecule has 1 rings (SSSR count). The molecule has 2 nitrogen and oxygen atoms in total. The smallest absolute Gasteiger partial charge is 0.0691 e. The van der Waals surface area contributed by atoms with E-state index in [0.29, 0.717) is 5.92 Å². The predicted molar refractivity (Wildman–Crippen MR) is 55.4 cm³/mol. The van der Waals surface area contributed by atoms with E-state index < -0.39 is 0 Å². The van der Waals surface area contributed by atoms with Gasteiger partial charge in [0.05, 0.1) is 6.10 Å². The third kappa shape index (κ3) is 3.65. The van der Waals surface area contributed by atoms with Gasteiger partial charge in [-0.3, -0.25) is 0 Å². The molecule has 0 spiro atoms. The van der Waals surface area contributed by atoms with Gasteiger partial charge in [0, 0.05) is 6.04 Å². The lowest BCUT2D eigenvalue weighted by molar-refractivity contribution is 0.103. The topological polar surface area (TPSA) is 46.2 Å². The second-order valence-corrected chi connectivity index (χ2v) is 4.80. The Bertz CT molecular complexity index is 147. The highest BCUT2D eigenvalue weighted by molar-refractivity contribution is 4.76. The molecule has 1 aliphatic carbocycles. The van der Waals surface area contributed by atoms with E-state index in [2.05, 4.69) is 6.92 Å². The molecule has 0 aromatic heterocycles. The molecule has 0 amide bonds. The van der Waals surface area contributed by atoms with Crippen LogP contribution in [0.3, 0.4) is 0 Å². The van der Waals surface area contributed by atoms with Gasteiger partial charge in [-0.2, -0.15) is 0 Å². The van der Waals surface area contributed by atoms with E-state index in [1.54, 1.807) is 0 Å². The molecular weight excluding hydrogens is 162 g/mol. The van der Waals surface area contributed by atoms with Gasteiger partial charge >= 0.3 is 0 Å². The Labute approximate surface area is 81.5 Å². The summed E-state index contributed by atoms with van der Waals surface area (Å²) in [6, 6.07) is -0.0720. The molecule has 1 fully saturated rings. The molecule has 4 atom stereocenters. The number of hydrogen-bond donors (Lipinski definition) is 2. The molecule has 1 aliphatic rings. The summed E-state index contributed by atoms with van der Waals surface area (Å²) in [7, 11) is 0. The van der Waals surface area contributed by atoms with Crippen molar-refractivity contribution >= 4 is 0 Å². The summed E-state index contributed by atoms with van der Waals surface area (Å²) >= 11 is 0. The Balaban J connectivity index is 2.27. The van der Waals surface area contributed by atoms with Gasteiger partial charge in [0.15, 0.2) is 0 Å². The summed E-state index contributed by atoms with van der Waals surface area (Å²) < 4.78 is 0. The fraction of sp³-hybridized carbons (Fsp3) is 1.00. The van der Waals surface area contributed by atoms with E-state index in [1.807, 2.05) is 6.92 Å². The number of rotatable bonds is 3. The molecular formula is C11H23NO. The molecule has 0 heterocycles. The van der Waals surface area contributed by atoms with Gasteiger partial charge in [-0.05, 0) is 31.6 Å². The minimum absolute atomic E-state index is 0.0720. The summed E-state index contributed by atoms with van der Waals surface area (Å²) in [5.74, 6) is 1.56. The second-order valence-electron chi connectivity index (χ2n) is 4.80. The summed E-state index contributed by atoms with van der Waals surface area (Å²) in [5.41, 5.74) is 5.64. The third-order valence-electron chi connectivity index (χ3n) is 3.23. The van der Waals surface area contributed by atoms with Crippen LogP contribution in [0.25, 0.3) is 0 Å². The van der Waals surface area contributed by atoms with Gasteiger partial charge in [0.2, 0.25) is 0 Å². The lowest BCUT2D eigenvalue weighted by atomic mass is 9.79. The quantitative estimate of drug-likeness (QED) is 0.705. The van der Waals surface area contributed by atoms with Crippen LogP contribution in [0.2, 0.25) is 0 Å². The average Bonchev–Trinajstić information content (AvgIpc) is 2.04. The Hall–Kier alpha value is -0.0800. The van der Waals surface area contributed by atoms with Gasteiger partial charge in [-0.25, -0.2) is 0 Å². The van der Waals surface area contributed by atoms with Gasteiger partial charge in [0.25, 0.3) is 0 Å². The fourth-order valence-corrected chi connectivity index (χ4v) is 2.33. The zero-order valence-electron chi connectivity index (χ0n) is 8.87. The first-order chi connectivity index (χ1) is 6.09. The van der Waals surface area contributed by atoms with Crippen molar-refractivity contribution in [3.05, 3.63) is 0 Å². The summed E-state index contributed by atoms with van der Waals surface area (Å²) in [6.07, 6.45) is 5.87. The number of nitrogens with two attached hydrogens (primary N) is 1. The zero-order chi connectivity index (χ0) is 9.84. The first-order valence-corrected chi connectivity index (χ1v) is 5.53. The average molecular weight is 185 g/mol. The summed E-state index contributed by atoms with van der Waals surface area (Å²) in [6.45, 7) is 4.20. The Morgan fingerprint density at radius 3 is 2.69 bits per heavy atom. The SMILES string of the molecule is CC1CCCC(CC(O)C(C)N)C1. The highest BCUT2D eigenvalue weighted by Crippen LogP contribution is 2.31. The molecule has 78 valence electrons. The van der Waals surface area contributed by atoms with Crippen LogP contribution in [-0.4, -0.2) is 17.3 Å². The maximum Gasteiger partial charge on any atom is 0.0691 e. The molecule has 0 radical (unpaired) electrons. The van der Waals surface area contributed by atoms with Crippen LogP contribution >= 0.6 is 0 Å². The van der Waals surface area contributed by atoms with E-state index in [4.69, 9.17) is 5.73 Å². The van der Waals surface area contributed by atoms with Crippen molar-refractivity contribution in [2.45, 2.75) is 58.1 Å². The van der Waals surface area contributed by atoms with Crippen molar-refractivity contribution in [2.24, 2.45) is 17.6 Å². The minimum atomic E-state index is -0.296. The molecule has 1 saturated carbocycles. The summed E-state index contributed by atoms with van der Waals surface area (Å²) in [4.78, 5) is 0. The minimum Gasteiger partial charge on any atom is -0.392 e. The van der Waals surface area contributed by atoms with Crippen molar-refractivity contribution < 1.29 is 5.11 Å². The standard InChI is InChI=1S/C11H23NO/c1-8-4-3-5-10(6-8)7-11(13)9(2)12/h8-11,13H,3-7,12H2,1-2H3. The molecule has 2 heteroatoms. The van der Waals surface area contributed by atoms with Crippen LogP contribution in [0.1, 0.15) is 46.0 Å². The number of aliphatic hydroxyl groups excluding tert-OH is 1. The van der Waals surface area contributed by atoms with Crippen LogP contribution in [-0.2, 0) is 0 Å². The molecule has 0 saturated heterocycles. The lowest BCUT2D eigenvalue weighted by Crippen LogP contribution is -2.34. The van der Waals surface area contributed by atoms with Crippen molar-refractivity contribution in [3.8, 4) is 0 Å². The highest BCUT2D eigenvalue weighted by atomic mass is 16.3. The Kier molecular flexibility index (Phi) is 4.20. The molecule has 3 N–H and O–H groups in total. The second kappa shape index (κ2) is 4.97. The number of hydrogen-bond acceptors (Lipinski definition) is 2. The van der Waals surface area contributed by atoms with Crippen LogP contribution < -0.4 is 5.73 Å². The Morgan fingerprint density at radius 2 is 2.15 bits per heavy atom. The van der Waals surface area contributed by atoms with E-state index in [1.165, 1.54) is 25.7 Å². The van der Waals surface area contributed by atoms with Crippen molar-refractivity contribution in [2.75, 3.05) is 0 Å². The van der Waals surface area contributed by atoms with E-state index in [0.717, 1.165) is 12.3 Å². The molecule has 0 aromatic rings. The predicted octanol–water partition coefficient (Wildman–Crippen LogP) is 1.91. The van der Waals surface area contributed by atoms with Crippen molar-refractivity contribution in [1.82, 2.24) is 0 Å². The van der Waals surface area contributed by atoms with Gasteiger partial charge in [0.1, 0.15) is 0 Å². The van der Waals surface area contributed by atoms with Crippen LogP contribution in [0.5, 0.6) is 0 Å². The lowest BCUT2D eigenvalue weighted by Gasteiger charge is -2.29. The van der Waals surface area contributed by atoms with Gasteiger partial charge in [-0.15, -0.1) is 0 Å². The van der Waals surface area contributed by atoms with Crippen molar-refractivity contribution in [3.63, 3.8) is 0 Å². The fourth-order valence-electron chi connectivity index (χ4n) is 2.33. The first kappa shape index (κ1) is 11.0. The molecule has 0 aromatic carbocycles. The largest absolute Gasteiger partial charge is 0.392 e. The first-order valence-electron chi connectivity index (χ1n) is 5.53.